The molecule has 0 aromatic heterocycles. The molecule has 1 aromatic carbocycles. The van der Waals surface area contributed by atoms with Gasteiger partial charge in [0.15, 0.2) is 15.6 Å². The molecule has 7 heteroatoms. The Kier molecular flexibility index (Phi) is 3.95. The minimum Gasteiger partial charge on any atom is -0.490 e. The molecule has 0 aliphatic rings. The molecule has 0 aliphatic carbocycles. The predicted octanol–water partition coefficient (Wildman–Crippen LogP) is -0.209. The molecule has 0 spiro atoms. The zero-order valence-corrected chi connectivity index (χ0v) is 10.2. The maximum Gasteiger partial charge on any atom is 0.252 e. The van der Waals surface area contributed by atoms with Crippen LogP contribution in [0.4, 0.5) is 5.69 Å². The smallest absolute Gasteiger partial charge is 0.252 e. The van der Waals surface area contributed by atoms with Crippen molar-refractivity contribution in [1.29, 1.82) is 0 Å². The van der Waals surface area contributed by atoms with Crippen molar-refractivity contribution in [2.24, 2.45) is 5.73 Å². The van der Waals surface area contributed by atoms with Crippen LogP contribution in [0.15, 0.2) is 18.2 Å². The van der Waals surface area contributed by atoms with Crippen molar-refractivity contribution in [2.45, 2.75) is 0 Å². The molecule has 1 rings (SSSR count). The lowest BCUT2D eigenvalue weighted by atomic mass is 10.1. The minimum atomic E-state index is -3.12. The molecule has 0 aliphatic heterocycles. The normalized spacial score (nSPS) is 11.1. The Morgan fingerprint density at radius 1 is 1.41 bits per heavy atom. The fraction of sp³-hybridized carbons (Fsp3) is 0.300. The number of nitrogen functional groups attached to an aromatic ring is 1. The summed E-state index contributed by atoms with van der Waals surface area (Å²) in [4.78, 5) is 11.1. The molecule has 1 amide bonds. The van der Waals surface area contributed by atoms with Crippen LogP contribution in [0.2, 0.25) is 0 Å². The number of ether oxygens (including phenoxy) is 1. The topological polar surface area (TPSA) is 112 Å². The van der Waals surface area contributed by atoms with Crippen LogP contribution >= 0.6 is 0 Å². The molecule has 0 radical (unpaired) electrons. The highest BCUT2D eigenvalue weighted by molar-refractivity contribution is 7.90. The van der Waals surface area contributed by atoms with E-state index in [0.29, 0.717) is 0 Å². The second kappa shape index (κ2) is 5.05. The summed E-state index contributed by atoms with van der Waals surface area (Å²) >= 11 is 0. The van der Waals surface area contributed by atoms with Crippen molar-refractivity contribution in [3.8, 4) is 5.75 Å². The van der Waals surface area contributed by atoms with Crippen LogP contribution in [0.5, 0.6) is 5.75 Å². The molecule has 0 fully saturated rings. The van der Waals surface area contributed by atoms with Crippen molar-refractivity contribution in [3.63, 3.8) is 0 Å². The monoisotopic (exact) mass is 258 g/mol. The van der Waals surface area contributed by atoms with Gasteiger partial charge in [0.05, 0.1) is 17.0 Å². The van der Waals surface area contributed by atoms with E-state index in [0.717, 1.165) is 6.26 Å². The third-order valence-electron chi connectivity index (χ3n) is 2.01. The first-order valence-electron chi connectivity index (χ1n) is 4.80. The Balaban J connectivity index is 2.86. The number of sulfone groups is 1. The number of primary amides is 1. The standard InChI is InChI=1S/C10H14N2O4S/c1-17(14,15)6-5-16-9-7(10(12)13)3-2-4-8(9)11/h2-4H,5-6,11H2,1H3,(H2,12,13). The summed E-state index contributed by atoms with van der Waals surface area (Å²) in [5.74, 6) is -0.699. The number of rotatable bonds is 5. The molecule has 0 heterocycles. The molecule has 0 saturated carbocycles. The van der Waals surface area contributed by atoms with Gasteiger partial charge < -0.3 is 16.2 Å². The van der Waals surface area contributed by atoms with Gasteiger partial charge in [-0.1, -0.05) is 6.07 Å². The van der Waals surface area contributed by atoms with Gasteiger partial charge in [0, 0.05) is 6.26 Å². The van der Waals surface area contributed by atoms with E-state index in [1.54, 1.807) is 12.1 Å². The SMILES string of the molecule is CS(=O)(=O)CCOc1c(N)cccc1C(N)=O. The van der Waals surface area contributed by atoms with E-state index in [1.807, 2.05) is 0 Å². The number of amides is 1. The summed E-state index contributed by atoms with van der Waals surface area (Å²) in [6.07, 6.45) is 1.10. The van der Waals surface area contributed by atoms with Gasteiger partial charge in [0.2, 0.25) is 0 Å². The Morgan fingerprint density at radius 3 is 2.59 bits per heavy atom. The maximum absolute atomic E-state index is 11.1. The van der Waals surface area contributed by atoms with Gasteiger partial charge in [-0.2, -0.15) is 0 Å². The molecule has 0 bridgehead atoms. The van der Waals surface area contributed by atoms with Gasteiger partial charge in [-0.05, 0) is 12.1 Å². The van der Waals surface area contributed by atoms with Gasteiger partial charge in [0.1, 0.15) is 6.61 Å². The van der Waals surface area contributed by atoms with Gasteiger partial charge in [-0.25, -0.2) is 8.42 Å². The van der Waals surface area contributed by atoms with Crippen LogP contribution < -0.4 is 16.2 Å². The Labute approximate surface area is 99.5 Å². The Morgan fingerprint density at radius 2 is 2.06 bits per heavy atom. The lowest BCUT2D eigenvalue weighted by Gasteiger charge is -2.11. The van der Waals surface area contributed by atoms with Gasteiger partial charge in [0.25, 0.3) is 5.91 Å². The van der Waals surface area contributed by atoms with Crippen LogP contribution in [0.1, 0.15) is 10.4 Å². The average molecular weight is 258 g/mol. The van der Waals surface area contributed by atoms with E-state index < -0.39 is 15.7 Å². The summed E-state index contributed by atoms with van der Waals surface area (Å²) in [5, 5.41) is 0. The van der Waals surface area contributed by atoms with Crippen LogP contribution in [-0.4, -0.2) is 32.9 Å². The first kappa shape index (κ1) is 13.3. The van der Waals surface area contributed by atoms with Crippen molar-refractivity contribution >= 4 is 21.4 Å². The van der Waals surface area contributed by atoms with Gasteiger partial charge in [-0.3, -0.25) is 4.79 Å². The molecule has 6 nitrogen and oxygen atoms in total. The van der Waals surface area contributed by atoms with E-state index in [9.17, 15) is 13.2 Å². The number of benzene rings is 1. The van der Waals surface area contributed by atoms with Crippen molar-refractivity contribution in [1.82, 2.24) is 0 Å². The summed E-state index contributed by atoms with van der Waals surface area (Å²) in [5.41, 5.74) is 11.2. The molecular formula is C10H14N2O4S. The fourth-order valence-electron chi connectivity index (χ4n) is 1.21. The molecular weight excluding hydrogens is 244 g/mol. The first-order chi connectivity index (χ1) is 7.81. The third kappa shape index (κ3) is 3.95. The number of carbonyl (C=O) groups is 1. The number of hydrogen-bond acceptors (Lipinski definition) is 5. The largest absolute Gasteiger partial charge is 0.490 e. The lowest BCUT2D eigenvalue weighted by Crippen LogP contribution is -2.17. The summed E-state index contributed by atoms with van der Waals surface area (Å²) < 4.78 is 27.0. The fourth-order valence-corrected chi connectivity index (χ4v) is 1.59. The number of para-hydroxylation sites is 1. The van der Waals surface area contributed by atoms with Gasteiger partial charge >= 0.3 is 0 Å². The average Bonchev–Trinajstić information content (AvgIpc) is 2.18. The molecule has 0 saturated heterocycles. The van der Waals surface area contributed by atoms with E-state index in [1.165, 1.54) is 6.07 Å². The van der Waals surface area contributed by atoms with E-state index in [4.69, 9.17) is 16.2 Å². The molecule has 94 valence electrons. The second-order valence-electron chi connectivity index (χ2n) is 3.57. The highest BCUT2D eigenvalue weighted by Gasteiger charge is 2.13. The predicted molar refractivity (Wildman–Crippen MR) is 64.6 cm³/mol. The first-order valence-corrected chi connectivity index (χ1v) is 6.86. The Bertz CT molecular complexity index is 525. The third-order valence-corrected chi connectivity index (χ3v) is 2.92. The Hall–Kier alpha value is -1.76. The summed E-state index contributed by atoms with van der Waals surface area (Å²) in [6, 6.07) is 4.58. The van der Waals surface area contributed by atoms with Crippen LogP contribution in [0.25, 0.3) is 0 Å². The zero-order chi connectivity index (χ0) is 13.1. The number of hydrogen-bond donors (Lipinski definition) is 2. The minimum absolute atomic E-state index is 0.0761. The van der Waals surface area contributed by atoms with Crippen LogP contribution in [-0.2, 0) is 9.84 Å². The summed E-state index contributed by atoms with van der Waals surface area (Å²) in [6.45, 7) is -0.0761. The van der Waals surface area contributed by atoms with E-state index >= 15 is 0 Å². The van der Waals surface area contributed by atoms with Crippen LogP contribution in [0.3, 0.4) is 0 Å². The molecule has 0 unspecified atom stereocenters. The molecule has 0 atom stereocenters. The second-order valence-corrected chi connectivity index (χ2v) is 5.83. The highest BCUT2D eigenvalue weighted by atomic mass is 32.2. The van der Waals surface area contributed by atoms with Gasteiger partial charge in [-0.15, -0.1) is 0 Å². The van der Waals surface area contributed by atoms with E-state index in [-0.39, 0.29) is 29.4 Å². The quantitative estimate of drug-likeness (QED) is 0.710. The summed E-state index contributed by atoms with van der Waals surface area (Å²) in [7, 11) is -3.12. The maximum atomic E-state index is 11.1. The van der Waals surface area contributed by atoms with Crippen molar-refractivity contribution in [3.05, 3.63) is 23.8 Å². The zero-order valence-electron chi connectivity index (χ0n) is 9.34. The highest BCUT2D eigenvalue weighted by Crippen LogP contribution is 2.25. The molecule has 17 heavy (non-hydrogen) atoms. The molecule has 4 N–H and O–H groups in total. The number of anilines is 1. The number of nitrogens with two attached hydrogens (primary N) is 2. The van der Waals surface area contributed by atoms with Crippen LogP contribution in [0, 0.1) is 0 Å². The number of carbonyl (C=O) groups excluding carboxylic acids is 1. The van der Waals surface area contributed by atoms with E-state index in [2.05, 4.69) is 0 Å². The molecule has 1 aromatic rings. The van der Waals surface area contributed by atoms with Crippen molar-refractivity contribution < 1.29 is 17.9 Å². The van der Waals surface area contributed by atoms with Crippen molar-refractivity contribution in [2.75, 3.05) is 24.3 Å². The lowest BCUT2D eigenvalue weighted by molar-refractivity contribution is 0.0997.